The first-order valence-electron chi connectivity index (χ1n) is 5.43. The van der Waals surface area contributed by atoms with E-state index in [0.717, 1.165) is 6.20 Å². The number of hydrogen-bond donors (Lipinski definition) is 1. The summed E-state index contributed by atoms with van der Waals surface area (Å²) >= 11 is 9.00. The molecule has 0 radical (unpaired) electrons. The molecule has 2 rings (SSSR count). The lowest BCUT2D eigenvalue weighted by Gasteiger charge is -2.08. The van der Waals surface area contributed by atoms with E-state index in [9.17, 15) is 12.8 Å². The van der Waals surface area contributed by atoms with Crippen LogP contribution in [0.25, 0.3) is 0 Å². The Hall–Kier alpha value is -1.02. The van der Waals surface area contributed by atoms with Gasteiger partial charge in [-0.1, -0.05) is 27.5 Å². The van der Waals surface area contributed by atoms with Gasteiger partial charge in [-0.2, -0.15) is 0 Å². The number of hydrogen-bond acceptors (Lipinski definition) is 3. The van der Waals surface area contributed by atoms with Crippen molar-refractivity contribution in [3.8, 4) is 0 Å². The van der Waals surface area contributed by atoms with Crippen molar-refractivity contribution < 1.29 is 12.8 Å². The van der Waals surface area contributed by atoms with E-state index in [2.05, 4.69) is 25.6 Å². The molecule has 1 aromatic heterocycles. The number of nitrogens with one attached hydrogen (secondary N) is 1. The third-order valence-electron chi connectivity index (χ3n) is 2.48. The molecule has 1 heterocycles. The molecule has 1 N–H and O–H groups in total. The summed E-state index contributed by atoms with van der Waals surface area (Å²) in [6.45, 7) is -0.182. The van der Waals surface area contributed by atoms with Gasteiger partial charge < -0.3 is 0 Å². The minimum absolute atomic E-state index is 0.0576. The van der Waals surface area contributed by atoms with Crippen molar-refractivity contribution in [1.82, 2.24) is 9.71 Å². The zero-order chi connectivity index (χ0) is 14.8. The lowest BCUT2D eigenvalue weighted by molar-refractivity contribution is 0.574. The summed E-state index contributed by atoms with van der Waals surface area (Å²) in [7, 11) is -3.85. The van der Waals surface area contributed by atoms with Crippen molar-refractivity contribution in [1.29, 1.82) is 0 Å². The van der Waals surface area contributed by atoms with Crippen LogP contribution in [-0.4, -0.2) is 13.4 Å². The van der Waals surface area contributed by atoms with Crippen LogP contribution in [0.5, 0.6) is 0 Å². The minimum atomic E-state index is -3.85. The smallest absolute Gasteiger partial charge is 0.243 e. The van der Waals surface area contributed by atoms with Gasteiger partial charge in [0, 0.05) is 29.0 Å². The molecule has 0 amide bonds. The second-order valence-electron chi connectivity index (χ2n) is 3.87. The van der Waals surface area contributed by atoms with Gasteiger partial charge in [0.25, 0.3) is 0 Å². The van der Waals surface area contributed by atoms with E-state index in [1.807, 2.05) is 0 Å². The van der Waals surface area contributed by atoms with E-state index in [4.69, 9.17) is 11.6 Å². The lowest BCUT2D eigenvalue weighted by Crippen LogP contribution is -2.24. The van der Waals surface area contributed by atoms with E-state index < -0.39 is 15.8 Å². The summed E-state index contributed by atoms with van der Waals surface area (Å²) in [5.74, 6) is -0.492. The first kappa shape index (κ1) is 15.4. The minimum Gasteiger partial charge on any atom is -0.263 e. The molecule has 0 aliphatic heterocycles. The van der Waals surface area contributed by atoms with Crippen LogP contribution in [-0.2, 0) is 16.6 Å². The molecule has 1 aromatic carbocycles. The molecule has 0 unspecified atom stereocenters. The SMILES string of the molecule is O=S(=O)(NCc1cc(Br)ccc1F)c1cnccc1Cl. The Bertz CT molecular complexity index is 740. The van der Waals surface area contributed by atoms with Gasteiger partial charge in [0.2, 0.25) is 10.0 Å². The molecule has 0 saturated carbocycles. The maximum Gasteiger partial charge on any atom is 0.243 e. The molecule has 0 aliphatic carbocycles. The Morgan fingerprint density at radius 1 is 1.35 bits per heavy atom. The van der Waals surface area contributed by atoms with Crippen LogP contribution in [0.4, 0.5) is 4.39 Å². The van der Waals surface area contributed by atoms with Crippen LogP contribution >= 0.6 is 27.5 Å². The highest BCUT2D eigenvalue weighted by Gasteiger charge is 2.18. The number of benzene rings is 1. The normalized spacial score (nSPS) is 11.6. The number of rotatable bonds is 4. The zero-order valence-corrected chi connectivity index (χ0v) is 13.1. The molecule has 0 fully saturated rings. The van der Waals surface area contributed by atoms with Gasteiger partial charge in [0.05, 0.1) is 5.02 Å². The maximum atomic E-state index is 13.5. The molecule has 0 atom stereocenters. The van der Waals surface area contributed by atoms with Gasteiger partial charge in [0.15, 0.2) is 0 Å². The predicted molar refractivity (Wildman–Crippen MR) is 77.4 cm³/mol. The number of pyridine rings is 1. The van der Waals surface area contributed by atoms with E-state index in [1.165, 1.54) is 30.5 Å². The van der Waals surface area contributed by atoms with Gasteiger partial charge in [-0.3, -0.25) is 4.98 Å². The summed E-state index contributed by atoms with van der Waals surface area (Å²) in [6, 6.07) is 5.66. The third kappa shape index (κ3) is 3.54. The van der Waals surface area contributed by atoms with E-state index in [1.54, 1.807) is 0 Å². The van der Waals surface area contributed by atoms with Crippen molar-refractivity contribution >= 4 is 37.6 Å². The highest BCUT2D eigenvalue weighted by molar-refractivity contribution is 9.10. The van der Waals surface area contributed by atoms with E-state index >= 15 is 0 Å². The zero-order valence-electron chi connectivity index (χ0n) is 9.98. The van der Waals surface area contributed by atoms with Crippen LogP contribution in [0, 0.1) is 5.82 Å². The molecular formula is C12H9BrClFN2O2S. The quantitative estimate of drug-likeness (QED) is 0.888. The molecule has 2 aromatic rings. The first-order valence-corrected chi connectivity index (χ1v) is 8.08. The van der Waals surface area contributed by atoms with E-state index in [-0.39, 0.29) is 22.0 Å². The molecular weight excluding hydrogens is 371 g/mol. The van der Waals surface area contributed by atoms with Crippen LogP contribution in [0.1, 0.15) is 5.56 Å². The molecule has 4 nitrogen and oxygen atoms in total. The van der Waals surface area contributed by atoms with Crippen molar-refractivity contribution in [3.63, 3.8) is 0 Å². The van der Waals surface area contributed by atoms with Crippen molar-refractivity contribution in [2.24, 2.45) is 0 Å². The summed E-state index contributed by atoms with van der Waals surface area (Å²) in [4.78, 5) is 3.57. The molecule has 0 spiro atoms. The van der Waals surface area contributed by atoms with Gasteiger partial charge in [-0.15, -0.1) is 0 Å². The average Bonchev–Trinajstić information content (AvgIpc) is 2.40. The first-order chi connectivity index (χ1) is 9.40. The van der Waals surface area contributed by atoms with E-state index in [0.29, 0.717) is 4.47 Å². The summed E-state index contributed by atoms with van der Waals surface area (Å²) < 4.78 is 40.6. The second-order valence-corrected chi connectivity index (χ2v) is 6.92. The largest absolute Gasteiger partial charge is 0.263 e. The Kier molecular flexibility index (Phi) is 4.74. The van der Waals surface area contributed by atoms with Crippen LogP contribution in [0.3, 0.4) is 0 Å². The van der Waals surface area contributed by atoms with Gasteiger partial charge in [-0.25, -0.2) is 17.5 Å². The molecule has 0 saturated heterocycles. The summed E-state index contributed by atoms with van der Waals surface area (Å²) in [6.07, 6.45) is 2.53. The fourth-order valence-corrected chi connectivity index (χ4v) is 3.33. The highest BCUT2D eigenvalue weighted by Crippen LogP contribution is 2.20. The molecule has 0 aliphatic rings. The van der Waals surface area contributed by atoms with Crippen molar-refractivity contribution in [2.45, 2.75) is 11.4 Å². The summed E-state index contributed by atoms with van der Waals surface area (Å²) in [5, 5.41) is 0.0576. The topological polar surface area (TPSA) is 59.1 Å². The molecule has 106 valence electrons. The highest BCUT2D eigenvalue weighted by atomic mass is 79.9. The molecule has 8 heteroatoms. The third-order valence-corrected chi connectivity index (χ3v) is 4.85. The molecule has 0 bridgehead atoms. The maximum absolute atomic E-state index is 13.5. The van der Waals surface area contributed by atoms with Crippen LogP contribution < -0.4 is 4.72 Å². The Morgan fingerprint density at radius 3 is 2.80 bits per heavy atom. The number of sulfonamides is 1. The van der Waals surface area contributed by atoms with Crippen LogP contribution in [0.2, 0.25) is 5.02 Å². The molecule has 20 heavy (non-hydrogen) atoms. The van der Waals surface area contributed by atoms with Crippen molar-refractivity contribution in [2.75, 3.05) is 0 Å². The monoisotopic (exact) mass is 378 g/mol. The summed E-state index contributed by atoms with van der Waals surface area (Å²) in [5.41, 5.74) is 0.225. The number of nitrogens with zero attached hydrogens (tertiary/aromatic N) is 1. The average molecular weight is 380 g/mol. The lowest BCUT2D eigenvalue weighted by atomic mass is 10.2. The Balaban J connectivity index is 2.22. The predicted octanol–water partition coefficient (Wildman–Crippen LogP) is 3.12. The van der Waals surface area contributed by atoms with Gasteiger partial charge in [-0.05, 0) is 24.3 Å². The fourth-order valence-electron chi connectivity index (χ4n) is 1.49. The van der Waals surface area contributed by atoms with Crippen LogP contribution in [0.15, 0.2) is 46.0 Å². The van der Waals surface area contributed by atoms with Crippen molar-refractivity contribution in [3.05, 3.63) is 57.5 Å². The second kappa shape index (κ2) is 6.17. The van der Waals surface area contributed by atoms with Gasteiger partial charge >= 0.3 is 0 Å². The number of halogens is 3. The Morgan fingerprint density at radius 2 is 2.10 bits per heavy atom. The standard InChI is InChI=1S/C12H9BrClFN2O2S/c13-9-1-2-11(15)8(5-9)6-17-20(18,19)12-7-16-4-3-10(12)14/h1-5,7,17H,6H2. The fraction of sp³-hybridized carbons (Fsp3) is 0.0833. The number of aromatic nitrogens is 1. The van der Waals surface area contributed by atoms with Gasteiger partial charge in [0.1, 0.15) is 10.7 Å². The Labute approximate surface area is 129 Å².